The lowest BCUT2D eigenvalue weighted by Crippen LogP contribution is -2.51. The van der Waals surface area contributed by atoms with E-state index < -0.39 is 29.8 Å². The molecule has 2 amide bonds. The van der Waals surface area contributed by atoms with E-state index in [0.717, 1.165) is 11.3 Å². The number of halogens is 1. The Bertz CT molecular complexity index is 1290. The molecule has 4 rings (SSSR count). The molecule has 35 heavy (non-hydrogen) atoms. The fourth-order valence-electron chi connectivity index (χ4n) is 4.13. The summed E-state index contributed by atoms with van der Waals surface area (Å²) in [5.74, 6) is -0.355. The second-order valence-electron chi connectivity index (χ2n) is 9.70. The Hall–Kier alpha value is -3.83. The molecule has 1 aliphatic rings. The number of carbonyl (C=O) groups excluding carboxylic acids is 2. The lowest BCUT2D eigenvalue weighted by Gasteiger charge is -2.36. The maximum absolute atomic E-state index is 14.6. The number of nitrogens with two attached hydrogens (primary N) is 1. The quantitative estimate of drug-likeness (QED) is 0.576. The van der Waals surface area contributed by atoms with E-state index in [1.54, 1.807) is 44.8 Å². The first-order chi connectivity index (χ1) is 16.4. The highest BCUT2D eigenvalue weighted by molar-refractivity contribution is 6.06. The first-order valence-electron chi connectivity index (χ1n) is 11.3. The Kier molecular flexibility index (Phi) is 6.30. The van der Waals surface area contributed by atoms with E-state index in [9.17, 15) is 14.0 Å². The number of primary amides is 1. The Labute approximate surface area is 201 Å². The molecule has 0 aromatic carbocycles. The molecule has 11 nitrogen and oxygen atoms in total. The average Bonchev–Trinajstić information content (AvgIpc) is 3.09. The second kappa shape index (κ2) is 9.08. The van der Waals surface area contributed by atoms with Crippen molar-refractivity contribution in [2.24, 2.45) is 12.8 Å². The van der Waals surface area contributed by atoms with Crippen LogP contribution < -0.4 is 11.1 Å². The monoisotopic (exact) mass is 484 g/mol. The van der Waals surface area contributed by atoms with Crippen LogP contribution in [0, 0.1) is 6.92 Å². The highest BCUT2D eigenvalue weighted by Gasteiger charge is 2.33. The van der Waals surface area contributed by atoms with E-state index in [0.29, 0.717) is 17.0 Å². The van der Waals surface area contributed by atoms with Gasteiger partial charge in [-0.25, -0.2) is 24.1 Å². The minimum absolute atomic E-state index is 0.0495. The third-order valence-electron chi connectivity index (χ3n) is 5.54. The van der Waals surface area contributed by atoms with Crippen LogP contribution in [-0.4, -0.2) is 72.5 Å². The van der Waals surface area contributed by atoms with Gasteiger partial charge in [0.25, 0.3) is 5.91 Å². The van der Waals surface area contributed by atoms with Gasteiger partial charge in [0.15, 0.2) is 5.82 Å². The minimum atomic E-state index is -1.25. The molecule has 0 radical (unpaired) electrons. The van der Waals surface area contributed by atoms with Crippen LogP contribution in [0.25, 0.3) is 22.3 Å². The summed E-state index contributed by atoms with van der Waals surface area (Å²) in [6.07, 6.45) is 1.41. The molecule has 3 aromatic heterocycles. The van der Waals surface area contributed by atoms with Crippen molar-refractivity contribution in [1.29, 1.82) is 0 Å². The number of alkyl halides is 1. The van der Waals surface area contributed by atoms with E-state index in [1.807, 2.05) is 6.92 Å². The van der Waals surface area contributed by atoms with Crippen LogP contribution in [-0.2, 0) is 11.8 Å². The van der Waals surface area contributed by atoms with Crippen LogP contribution >= 0.6 is 0 Å². The normalized spacial score (nSPS) is 18.5. The van der Waals surface area contributed by atoms with Crippen LogP contribution in [0.5, 0.6) is 0 Å². The summed E-state index contributed by atoms with van der Waals surface area (Å²) in [7, 11) is 1.79. The summed E-state index contributed by atoms with van der Waals surface area (Å²) in [6.45, 7) is 7.27. The molecule has 186 valence electrons. The molecule has 2 atom stereocenters. The Morgan fingerprint density at radius 2 is 1.97 bits per heavy atom. The highest BCUT2D eigenvalue weighted by atomic mass is 19.1. The fourth-order valence-corrected chi connectivity index (χ4v) is 4.13. The van der Waals surface area contributed by atoms with Crippen molar-refractivity contribution in [2.75, 3.05) is 18.4 Å². The van der Waals surface area contributed by atoms with Crippen LogP contribution in [0.15, 0.2) is 18.6 Å². The molecule has 1 fully saturated rings. The number of pyridine rings is 1. The summed E-state index contributed by atoms with van der Waals surface area (Å²) in [6, 6.07) is 1.11. The molecular weight excluding hydrogens is 455 g/mol. The number of likely N-dealkylation sites (tertiary alicyclic amines) is 1. The molecule has 0 unspecified atom stereocenters. The number of hydrogen-bond donors (Lipinski definition) is 2. The fraction of sp³-hybridized carbons (Fsp3) is 0.478. The molecule has 4 heterocycles. The van der Waals surface area contributed by atoms with Gasteiger partial charge in [-0.2, -0.15) is 5.10 Å². The van der Waals surface area contributed by atoms with Crippen molar-refractivity contribution in [3.05, 3.63) is 29.8 Å². The molecule has 0 bridgehead atoms. The number of ether oxygens (including phenoxy) is 1. The van der Waals surface area contributed by atoms with Crippen molar-refractivity contribution < 1.29 is 18.7 Å². The third-order valence-corrected chi connectivity index (χ3v) is 5.54. The molecule has 3 aromatic rings. The Morgan fingerprint density at radius 1 is 1.23 bits per heavy atom. The number of carbonyl (C=O) groups is 2. The Morgan fingerprint density at radius 3 is 2.60 bits per heavy atom. The number of hydrogen-bond acceptors (Lipinski definition) is 8. The zero-order valence-corrected chi connectivity index (χ0v) is 20.4. The summed E-state index contributed by atoms with van der Waals surface area (Å²) < 4.78 is 21.6. The van der Waals surface area contributed by atoms with Crippen molar-refractivity contribution in [3.63, 3.8) is 0 Å². The second-order valence-corrected chi connectivity index (χ2v) is 9.70. The number of rotatable bonds is 4. The van der Waals surface area contributed by atoms with Gasteiger partial charge in [-0.15, -0.1) is 0 Å². The van der Waals surface area contributed by atoms with Crippen LogP contribution in [0.3, 0.4) is 0 Å². The van der Waals surface area contributed by atoms with Gasteiger partial charge in [0.2, 0.25) is 0 Å². The largest absolute Gasteiger partial charge is 0.444 e. The maximum atomic E-state index is 14.6. The SMILES string of the molecule is Cc1nn(C)cc1-c1cc(C(N)=O)c2ncnc(N[C@H]3C[C@H](F)CN(C(=O)OC(C)(C)C)C3)c2n1. The number of aromatic nitrogens is 5. The summed E-state index contributed by atoms with van der Waals surface area (Å²) >= 11 is 0. The number of fused-ring (bicyclic) bond motifs is 1. The maximum Gasteiger partial charge on any atom is 0.410 e. The van der Waals surface area contributed by atoms with Gasteiger partial charge in [-0.05, 0) is 33.8 Å². The van der Waals surface area contributed by atoms with Gasteiger partial charge in [0.1, 0.15) is 29.1 Å². The molecule has 1 saturated heterocycles. The van der Waals surface area contributed by atoms with Crippen molar-refractivity contribution >= 4 is 28.9 Å². The lowest BCUT2D eigenvalue weighted by atomic mass is 10.0. The molecule has 12 heteroatoms. The van der Waals surface area contributed by atoms with Crippen molar-refractivity contribution in [2.45, 2.75) is 51.9 Å². The van der Waals surface area contributed by atoms with Gasteiger partial charge in [-0.1, -0.05) is 0 Å². The van der Waals surface area contributed by atoms with Gasteiger partial charge in [0, 0.05) is 37.8 Å². The van der Waals surface area contributed by atoms with Gasteiger partial charge in [0.05, 0.1) is 23.5 Å². The van der Waals surface area contributed by atoms with E-state index in [2.05, 4.69) is 20.4 Å². The molecule has 3 N–H and O–H groups in total. The van der Waals surface area contributed by atoms with Gasteiger partial charge >= 0.3 is 6.09 Å². The van der Waals surface area contributed by atoms with Gasteiger partial charge in [-0.3, -0.25) is 9.48 Å². The third kappa shape index (κ3) is 5.31. The zero-order valence-electron chi connectivity index (χ0n) is 20.4. The van der Waals surface area contributed by atoms with E-state index in [1.165, 1.54) is 11.2 Å². The average molecular weight is 485 g/mol. The first-order valence-corrected chi connectivity index (χ1v) is 11.3. The van der Waals surface area contributed by atoms with E-state index in [4.69, 9.17) is 15.5 Å². The van der Waals surface area contributed by atoms with Crippen LogP contribution in [0.1, 0.15) is 43.2 Å². The zero-order chi connectivity index (χ0) is 25.5. The predicted octanol–water partition coefficient (Wildman–Crippen LogP) is 2.59. The Balaban J connectivity index is 1.70. The van der Waals surface area contributed by atoms with E-state index in [-0.39, 0.29) is 30.6 Å². The van der Waals surface area contributed by atoms with Crippen molar-refractivity contribution in [1.82, 2.24) is 29.6 Å². The molecule has 0 saturated carbocycles. The van der Waals surface area contributed by atoms with Crippen LogP contribution in [0.4, 0.5) is 15.0 Å². The predicted molar refractivity (Wildman–Crippen MR) is 128 cm³/mol. The van der Waals surface area contributed by atoms with Gasteiger partial charge < -0.3 is 20.7 Å². The molecule has 0 aliphatic carbocycles. The first kappa shape index (κ1) is 24.3. The highest BCUT2D eigenvalue weighted by Crippen LogP contribution is 2.29. The number of nitrogens with one attached hydrogen (secondary N) is 1. The summed E-state index contributed by atoms with van der Waals surface area (Å²) in [5, 5.41) is 7.53. The van der Waals surface area contributed by atoms with Crippen molar-refractivity contribution in [3.8, 4) is 11.3 Å². The topological polar surface area (TPSA) is 141 Å². The number of anilines is 1. The molecule has 0 spiro atoms. The standard InChI is InChI=1S/C23H29FN8O3/c1-12-16(10-31(5)30-12)17-7-15(20(25)33)18-19(29-17)21(27-11-26-18)28-14-6-13(24)8-32(9-14)22(34)35-23(2,3)4/h7,10-11,13-14H,6,8-9H2,1-5H3,(H2,25,33)(H,26,27,28)/t13-,14-/m0/s1. The minimum Gasteiger partial charge on any atom is -0.444 e. The number of nitrogens with zero attached hydrogens (tertiary/aromatic N) is 6. The number of amides is 2. The number of aryl methyl sites for hydroxylation is 2. The van der Waals surface area contributed by atoms with E-state index >= 15 is 0 Å². The number of piperidine rings is 1. The summed E-state index contributed by atoms with van der Waals surface area (Å²) in [4.78, 5) is 39.4. The van der Waals surface area contributed by atoms with Crippen LogP contribution in [0.2, 0.25) is 0 Å². The lowest BCUT2D eigenvalue weighted by molar-refractivity contribution is 0.0124. The molecule has 1 aliphatic heterocycles. The molecular formula is C23H29FN8O3. The summed E-state index contributed by atoms with van der Waals surface area (Å²) in [5.41, 5.74) is 7.66. The smallest absolute Gasteiger partial charge is 0.410 e.